The van der Waals surface area contributed by atoms with Crippen LogP contribution in [0.25, 0.3) is 16.6 Å². The first-order valence-electron chi connectivity index (χ1n) is 9.92. The van der Waals surface area contributed by atoms with E-state index >= 15 is 0 Å². The molecule has 0 bridgehead atoms. The van der Waals surface area contributed by atoms with Gasteiger partial charge in [-0.3, -0.25) is 14.2 Å². The molecular formula is C23H27N3O2S. The molecule has 3 rings (SSSR count). The first-order valence-corrected chi connectivity index (χ1v) is 10.9. The number of para-hydroxylation sites is 1. The van der Waals surface area contributed by atoms with Crippen LogP contribution in [-0.2, 0) is 4.79 Å². The van der Waals surface area contributed by atoms with Crippen molar-refractivity contribution in [2.45, 2.75) is 51.7 Å². The summed E-state index contributed by atoms with van der Waals surface area (Å²) in [5.74, 6) is 0.162. The third-order valence-corrected chi connectivity index (χ3v) is 5.74. The minimum atomic E-state index is -0.121. The van der Waals surface area contributed by atoms with Crippen LogP contribution in [0.3, 0.4) is 0 Å². The number of rotatable bonds is 7. The molecule has 0 unspecified atom stereocenters. The van der Waals surface area contributed by atoms with Gasteiger partial charge in [0, 0.05) is 6.04 Å². The molecule has 29 heavy (non-hydrogen) atoms. The van der Waals surface area contributed by atoms with Crippen LogP contribution < -0.4 is 10.9 Å². The molecule has 6 heteroatoms. The Morgan fingerprint density at radius 2 is 1.97 bits per heavy atom. The maximum absolute atomic E-state index is 13.3. The normalized spacial score (nSPS) is 12.1. The Labute approximate surface area is 175 Å². The summed E-state index contributed by atoms with van der Waals surface area (Å²) >= 11 is 1.29. The molecule has 0 saturated carbocycles. The third-order valence-electron chi connectivity index (χ3n) is 4.80. The highest BCUT2D eigenvalue weighted by Crippen LogP contribution is 2.23. The lowest BCUT2D eigenvalue weighted by molar-refractivity contribution is -0.119. The summed E-state index contributed by atoms with van der Waals surface area (Å²) < 4.78 is 1.63. The van der Waals surface area contributed by atoms with Gasteiger partial charge in [0.2, 0.25) is 5.91 Å². The number of hydrogen-bond acceptors (Lipinski definition) is 4. The van der Waals surface area contributed by atoms with Crippen molar-refractivity contribution in [1.29, 1.82) is 0 Å². The van der Waals surface area contributed by atoms with Crippen molar-refractivity contribution in [2.75, 3.05) is 5.75 Å². The Balaban J connectivity index is 2.01. The van der Waals surface area contributed by atoms with Crippen LogP contribution >= 0.6 is 11.8 Å². The SMILES string of the molecule is CCC[C@@H](C)NC(=O)CSc1nc2ccccc2c(=O)n1-c1ccc(C)cc1C. The lowest BCUT2D eigenvalue weighted by atomic mass is 10.1. The molecule has 1 N–H and O–H groups in total. The Morgan fingerprint density at radius 3 is 2.69 bits per heavy atom. The Bertz CT molecular complexity index is 1090. The molecule has 152 valence electrons. The smallest absolute Gasteiger partial charge is 0.266 e. The highest BCUT2D eigenvalue weighted by molar-refractivity contribution is 7.99. The molecule has 0 aliphatic heterocycles. The average molecular weight is 410 g/mol. The topological polar surface area (TPSA) is 64.0 Å². The maximum atomic E-state index is 13.3. The van der Waals surface area contributed by atoms with Gasteiger partial charge in [0.25, 0.3) is 5.56 Å². The summed E-state index contributed by atoms with van der Waals surface area (Å²) in [7, 11) is 0. The number of benzene rings is 2. The first-order chi connectivity index (χ1) is 13.9. The number of nitrogens with zero attached hydrogens (tertiary/aromatic N) is 2. The second-order valence-electron chi connectivity index (χ2n) is 7.39. The molecule has 2 aromatic carbocycles. The quantitative estimate of drug-likeness (QED) is 0.464. The predicted molar refractivity (Wildman–Crippen MR) is 120 cm³/mol. The molecule has 0 spiro atoms. The lowest BCUT2D eigenvalue weighted by Gasteiger charge is -2.16. The lowest BCUT2D eigenvalue weighted by Crippen LogP contribution is -2.34. The van der Waals surface area contributed by atoms with E-state index in [1.54, 1.807) is 10.6 Å². The second-order valence-corrected chi connectivity index (χ2v) is 8.33. The van der Waals surface area contributed by atoms with E-state index in [9.17, 15) is 9.59 Å². The van der Waals surface area contributed by atoms with E-state index in [2.05, 4.69) is 12.2 Å². The molecule has 0 saturated heterocycles. The number of nitrogens with one attached hydrogen (secondary N) is 1. The van der Waals surface area contributed by atoms with Crippen LogP contribution in [0.2, 0.25) is 0 Å². The number of aromatic nitrogens is 2. The van der Waals surface area contributed by atoms with Crippen LogP contribution in [0, 0.1) is 13.8 Å². The zero-order valence-corrected chi connectivity index (χ0v) is 18.2. The molecule has 1 aromatic heterocycles. The average Bonchev–Trinajstić information content (AvgIpc) is 2.67. The molecule has 1 amide bonds. The summed E-state index contributed by atoms with van der Waals surface area (Å²) in [5.41, 5.74) is 3.44. The minimum absolute atomic E-state index is 0.0504. The highest BCUT2D eigenvalue weighted by atomic mass is 32.2. The summed E-state index contributed by atoms with van der Waals surface area (Å²) in [6.07, 6.45) is 1.96. The standard InChI is InChI=1S/C23H27N3O2S/c1-5-8-17(4)24-21(27)14-29-23-25-19-10-7-6-9-18(19)22(28)26(23)20-12-11-15(2)13-16(20)3/h6-7,9-13,17H,5,8,14H2,1-4H3,(H,24,27)/t17-/m1/s1. The van der Waals surface area contributed by atoms with E-state index in [-0.39, 0.29) is 23.3 Å². The van der Waals surface area contributed by atoms with Crippen molar-refractivity contribution in [3.63, 3.8) is 0 Å². The molecule has 5 nitrogen and oxygen atoms in total. The summed E-state index contributed by atoms with van der Waals surface area (Å²) in [5, 5.41) is 4.10. The van der Waals surface area contributed by atoms with Crippen molar-refractivity contribution in [2.24, 2.45) is 0 Å². The monoisotopic (exact) mass is 409 g/mol. The molecule has 0 fully saturated rings. The van der Waals surface area contributed by atoms with Crippen molar-refractivity contribution < 1.29 is 4.79 Å². The fraction of sp³-hybridized carbons (Fsp3) is 0.348. The van der Waals surface area contributed by atoms with Gasteiger partial charge in [-0.05, 0) is 51.0 Å². The van der Waals surface area contributed by atoms with E-state index in [1.807, 2.05) is 57.2 Å². The van der Waals surface area contributed by atoms with Gasteiger partial charge < -0.3 is 5.32 Å². The number of fused-ring (bicyclic) bond motifs is 1. The van der Waals surface area contributed by atoms with Crippen LogP contribution in [0.15, 0.2) is 52.4 Å². The summed E-state index contributed by atoms with van der Waals surface area (Å²) in [6, 6.07) is 13.4. The fourth-order valence-corrected chi connectivity index (χ4v) is 4.25. The largest absolute Gasteiger partial charge is 0.353 e. The molecule has 0 aliphatic rings. The number of amides is 1. The molecule has 1 atom stereocenters. The number of hydrogen-bond donors (Lipinski definition) is 1. The molecule has 0 radical (unpaired) electrons. The maximum Gasteiger partial charge on any atom is 0.266 e. The predicted octanol–water partition coefficient (Wildman–Crippen LogP) is 4.40. The highest BCUT2D eigenvalue weighted by Gasteiger charge is 2.16. The van der Waals surface area contributed by atoms with Crippen LogP contribution in [0.4, 0.5) is 0 Å². The molecular weight excluding hydrogens is 382 g/mol. The number of aryl methyl sites for hydroxylation is 2. The number of thioether (sulfide) groups is 1. The third kappa shape index (κ3) is 4.88. The van der Waals surface area contributed by atoms with Crippen molar-refractivity contribution in [3.8, 4) is 5.69 Å². The van der Waals surface area contributed by atoms with Gasteiger partial charge in [0.1, 0.15) is 0 Å². The first kappa shape index (κ1) is 21.1. The van der Waals surface area contributed by atoms with Crippen molar-refractivity contribution in [3.05, 3.63) is 63.9 Å². The van der Waals surface area contributed by atoms with Crippen LogP contribution in [-0.4, -0.2) is 27.3 Å². The van der Waals surface area contributed by atoms with Crippen LogP contribution in [0.5, 0.6) is 0 Å². The second kappa shape index (κ2) is 9.27. The van der Waals surface area contributed by atoms with E-state index in [0.717, 1.165) is 29.7 Å². The van der Waals surface area contributed by atoms with E-state index < -0.39 is 0 Å². The summed E-state index contributed by atoms with van der Waals surface area (Å²) in [6.45, 7) is 8.11. The van der Waals surface area contributed by atoms with Gasteiger partial charge in [0.15, 0.2) is 5.16 Å². The van der Waals surface area contributed by atoms with Crippen molar-refractivity contribution >= 4 is 28.6 Å². The van der Waals surface area contributed by atoms with Crippen LogP contribution in [0.1, 0.15) is 37.8 Å². The van der Waals surface area contributed by atoms with Gasteiger partial charge in [-0.25, -0.2) is 4.98 Å². The Morgan fingerprint density at radius 1 is 1.21 bits per heavy atom. The van der Waals surface area contributed by atoms with Gasteiger partial charge in [-0.15, -0.1) is 0 Å². The Kier molecular flexibility index (Phi) is 6.75. The fourth-order valence-electron chi connectivity index (χ4n) is 3.43. The zero-order chi connectivity index (χ0) is 21.0. The zero-order valence-electron chi connectivity index (χ0n) is 17.4. The molecule has 3 aromatic rings. The van der Waals surface area contributed by atoms with Gasteiger partial charge in [0.05, 0.1) is 22.3 Å². The Hall–Kier alpha value is -2.60. The van der Waals surface area contributed by atoms with Gasteiger partial charge in [-0.2, -0.15) is 0 Å². The van der Waals surface area contributed by atoms with Crippen molar-refractivity contribution in [1.82, 2.24) is 14.9 Å². The minimum Gasteiger partial charge on any atom is -0.353 e. The summed E-state index contributed by atoms with van der Waals surface area (Å²) in [4.78, 5) is 30.4. The van der Waals surface area contributed by atoms with Gasteiger partial charge in [-0.1, -0.05) is 54.9 Å². The molecule has 0 aliphatic carbocycles. The van der Waals surface area contributed by atoms with E-state index in [1.165, 1.54) is 11.8 Å². The van der Waals surface area contributed by atoms with E-state index in [4.69, 9.17) is 4.98 Å². The van der Waals surface area contributed by atoms with E-state index in [0.29, 0.717) is 16.1 Å². The number of carbonyl (C=O) groups excluding carboxylic acids is 1. The number of carbonyl (C=O) groups is 1. The molecule has 1 heterocycles. The van der Waals surface area contributed by atoms with Gasteiger partial charge >= 0.3 is 0 Å².